The molecular formula is C18H23NO. The van der Waals surface area contributed by atoms with Crippen LogP contribution in [0.25, 0.3) is 10.8 Å². The average Bonchev–Trinajstić information content (AvgIpc) is 2.47. The van der Waals surface area contributed by atoms with Gasteiger partial charge < -0.3 is 5.32 Å². The number of benzene rings is 2. The van der Waals surface area contributed by atoms with E-state index in [0.717, 1.165) is 19.3 Å². The fraction of sp³-hybridized carbons (Fsp3) is 0.389. The van der Waals surface area contributed by atoms with Gasteiger partial charge in [-0.25, -0.2) is 0 Å². The van der Waals surface area contributed by atoms with Crippen LogP contribution in [-0.2, 0) is 4.79 Å². The summed E-state index contributed by atoms with van der Waals surface area (Å²) in [4.78, 5) is 11.9. The molecule has 2 rings (SSSR count). The van der Waals surface area contributed by atoms with Crippen molar-refractivity contribution < 1.29 is 4.79 Å². The molecule has 0 unspecified atom stereocenters. The van der Waals surface area contributed by atoms with E-state index in [-0.39, 0.29) is 11.9 Å². The smallest absolute Gasteiger partial charge is 0.220 e. The third kappa shape index (κ3) is 3.60. The van der Waals surface area contributed by atoms with Crippen molar-refractivity contribution in [3.05, 3.63) is 48.0 Å². The molecule has 0 radical (unpaired) electrons. The Hall–Kier alpha value is -1.83. The minimum atomic E-state index is 0.0511. The van der Waals surface area contributed by atoms with Gasteiger partial charge in [-0.3, -0.25) is 4.79 Å². The Morgan fingerprint density at radius 2 is 1.85 bits per heavy atom. The first-order valence-corrected chi connectivity index (χ1v) is 7.49. The highest BCUT2D eigenvalue weighted by Crippen LogP contribution is 2.24. The van der Waals surface area contributed by atoms with Crippen LogP contribution in [0.2, 0.25) is 0 Å². The highest BCUT2D eigenvalue weighted by atomic mass is 16.1. The van der Waals surface area contributed by atoms with Gasteiger partial charge in [-0.1, -0.05) is 62.2 Å². The number of unbranched alkanes of at least 4 members (excludes halogenated alkanes) is 2. The Labute approximate surface area is 121 Å². The van der Waals surface area contributed by atoms with Gasteiger partial charge in [0.15, 0.2) is 0 Å². The van der Waals surface area contributed by atoms with E-state index in [1.807, 2.05) is 12.1 Å². The number of nitrogens with one attached hydrogen (secondary N) is 1. The summed E-state index contributed by atoms with van der Waals surface area (Å²) in [7, 11) is 0. The van der Waals surface area contributed by atoms with E-state index in [1.165, 1.54) is 16.3 Å². The molecule has 0 bridgehead atoms. The number of hydrogen-bond donors (Lipinski definition) is 1. The lowest BCUT2D eigenvalue weighted by atomic mass is 9.99. The second-order valence-electron chi connectivity index (χ2n) is 5.31. The first kappa shape index (κ1) is 14.6. The first-order chi connectivity index (χ1) is 9.72. The van der Waals surface area contributed by atoms with E-state index in [4.69, 9.17) is 0 Å². The average molecular weight is 269 g/mol. The minimum Gasteiger partial charge on any atom is -0.350 e. The van der Waals surface area contributed by atoms with Crippen LogP contribution in [0.4, 0.5) is 0 Å². The van der Waals surface area contributed by atoms with Crippen molar-refractivity contribution in [1.82, 2.24) is 5.32 Å². The summed E-state index contributed by atoms with van der Waals surface area (Å²) in [5.74, 6) is 0.152. The van der Waals surface area contributed by atoms with Crippen LogP contribution in [0.1, 0.15) is 51.1 Å². The van der Waals surface area contributed by atoms with Crippen molar-refractivity contribution in [2.75, 3.05) is 0 Å². The Morgan fingerprint density at radius 1 is 1.10 bits per heavy atom. The van der Waals surface area contributed by atoms with Crippen molar-refractivity contribution in [3.8, 4) is 0 Å². The van der Waals surface area contributed by atoms with Crippen LogP contribution in [0.3, 0.4) is 0 Å². The number of hydrogen-bond acceptors (Lipinski definition) is 1. The number of carbonyl (C=O) groups is 1. The minimum absolute atomic E-state index is 0.0511. The van der Waals surface area contributed by atoms with Crippen molar-refractivity contribution in [2.45, 2.75) is 45.6 Å². The molecule has 0 saturated heterocycles. The van der Waals surface area contributed by atoms with Gasteiger partial charge in [0.25, 0.3) is 0 Å². The van der Waals surface area contributed by atoms with Crippen LogP contribution in [0.5, 0.6) is 0 Å². The Morgan fingerprint density at radius 3 is 2.65 bits per heavy atom. The van der Waals surface area contributed by atoms with Gasteiger partial charge in [0.2, 0.25) is 5.91 Å². The van der Waals surface area contributed by atoms with Crippen molar-refractivity contribution >= 4 is 16.7 Å². The molecule has 0 aliphatic heterocycles. The van der Waals surface area contributed by atoms with Gasteiger partial charge in [-0.05, 0) is 29.7 Å². The van der Waals surface area contributed by atoms with Gasteiger partial charge in [0, 0.05) is 6.42 Å². The van der Waals surface area contributed by atoms with E-state index in [0.29, 0.717) is 6.42 Å². The quantitative estimate of drug-likeness (QED) is 0.763. The maximum Gasteiger partial charge on any atom is 0.220 e. The van der Waals surface area contributed by atoms with E-state index < -0.39 is 0 Å². The van der Waals surface area contributed by atoms with Gasteiger partial charge in [0.05, 0.1) is 6.04 Å². The molecule has 106 valence electrons. The zero-order chi connectivity index (χ0) is 14.4. The van der Waals surface area contributed by atoms with Crippen LogP contribution >= 0.6 is 0 Å². The SMILES string of the molecule is CCCCCC(=O)N[C@H](C)c1cccc2ccccc12. The second-order valence-corrected chi connectivity index (χ2v) is 5.31. The van der Waals surface area contributed by atoms with Gasteiger partial charge in [-0.15, -0.1) is 0 Å². The molecule has 0 aromatic heterocycles. The molecule has 0 aliphatic carbocycles. The van der Waals surface area contributed by atoms with Gasteiger partial charge in [-0.2, -0.15) is 0 Å². The summed E-state index contributed by atoms with van der Waals surface area (Å²) >= 11 is 0. The molecule has 20 heavy (non-hydrogen) atoms. The highest BCUT2D eigenvalue weighted by molar-refractivity contribution is 5.86. The summed E-state index contributed by atoms with van der Waals surface area (Å²) in [6.07, 6.45) is 3.87. The molecule has 0 saturated carbocycles. The fourth-order valence-electron chi connectivity index (χ4n) is 2.56. The summed E-state index contributed by atoms with van der Waals surface area (Å²) < 4.78 is 0. The van der Waals surface area contributed by atoms with Gasteiger partial charge >= 0.3 is 0 Å². The van der Waals surface area contributed by atoms with Crippen LogP contribution in [-0.4, -0.2) is 5.91 Å². The lowest BCUT2D eigenvalue weighted by molar-refractivity contribution is -0.121. The molecular weight excluding hydrogens is 246 g/mol. The Bertz CT molecular complexity index is 571. The third-order valence-electron chi connectivity index (χ3n) is 3.67. The van der Waals surface area contributed by atoms with Crippen molar-refractivity contribution in [3.63, 3.8) is 0 Å². The van der Waals surface area contributed by atoms with E-state index >= 15 is 0 Å². The van der Waals surface area contributed by atoms with Crippen LogP contribution in [0, 0.1) is 0 Å². The molecule has 2 nitrogen and oxygen atoms in total. The Balaban J connectivity index is 2.07. The number of rotatable bonds is 6. The number of fused-ring (bicyclic) bond motifs is 1. The van der Waals surface area contributed by atoms with E-state index in [9.17, 15) is 4.79 Å². The summed E-state index contributed by atoms with van der Waals surface area (Å²) in [6, 6.07) is 14.6. The van der Waals surface area contributed by atoms with Crippen LogP contribution < -0.4 is 5.32 Å². The predicted molar refractivity (Wildman–Crippen MR) is 84.6 cm³/mol. The molecule has 0 spiro atoms. The summed E-state index contributed by atoms with van der Waals surface area (Å²) in [6.45, 7) is 4.20. The molecule has 0 heterocycles. The first-order valence-electron chi connectivity index (χ1n) is 7.49. The molecule has 0 aliphatic rings. The Kier molecular flexibility index (Phi) is 5.16. The maximum atomic E-state index is 11.9. The molecule has 1 N–H and O–H groups in total. The standard InChI is InChI=1S/C18H23NO/c1-3-4-5-13-18(20)19-14(2)16-12-8-10-15-9-6-7-11-17(15)16/h6-12,14H,3-5,13H2,1-2H3,(H,19,20)/t14-/m1/s1. The third-order valence-corrected chi connectivity index (χ3v) is 3.67. The zero-order valence-electron chi connectivity index (χ0n) is 12.4. The van der Waals surface area contributed by atoms with Crippen LogP contribution in [0.15, 0.2) is 42.5 Å². The monoisotopic (exact) mass is 269 g/mol. The van der Waals surface area contributed by atoms with E-state index in [2.05, 4.69) is 49.5 Å². The second kappa shape index (κ2) is 7.09. The zero-order valence-corrected chi connectivity index (χ0v) is 12.4. The predicted octanol–water partition coefficient (Wildman–Crippen LogP) is 4.60. The van der Waals surface area contributed by atoms with Crippen molar-refractivity contribution in [1.29, 1.82) is 0 Å². The lowest BCUT2D eigenvalue weighted by Crippen LogP contribution is -2.26. The normalized spacial score (nSPS) is 12.3. The molecule has 2 aromatic carbocycles. The molecule has 1 amide bonds. The summed E-state index contributed by atoms with van der Waals surface area (Å²) in [5, 5.41) is 5.55. The number of carbonyl (C=O) groups excluding carboxylic acids is 1. The maximum absolute atomic E-state index is 11.9. The molecule has 0 fully saturated rings. The molecule has 2 aromatic rings. The lowest BCUT2D eigenvalue weighted by Gasteiger charge is -2.16. The summed E-state index contributed by atoms with van der Waals surface area (Å²) in [5.41, 5.74) is 1.19. The molecule has 2 heteroatoms. The van der Waals surface area contributed by atoms with Crippen molar-refractivity contribution in [2.24, 2.45) is 0 Å². The fourth-order valence-corrected chi connectivity index (χ4v) is 2.56. The number of amides is 1. The topological polar surface area (TPSA) is 29.1 Å². The highest BCUT2D eigenvalue weighted by Gasteiger charge is 2.11. The van der Waals surface area contributed by atoms with E-state index in [1.54, 1.807) is 0 Å². The largest absolute Gasteiger partial charge is 0.350 e. The van der Waals surface area contributed by atoms with Gasteiger partial charge in [0.1, 0.15) is 0 Å². The molecule has 1 atom stereocenters.